The number of amidine groups is 1. The van der Waals surface area contributed by atoms with Crippen LogP contribution in [0.5, 0.6) is 0 Å². The van der Waals surface area contributed by atoms with Crippen LogP contribution in [0.4, 0.5) is 0 Å². The monoisotopic (exact) mass is 457 g/mol. The van der Waals surface area contributed by atoms with Gasteiger partial charge in [0.2, 0.25) is 0 Å². The Morgan fingerprint density at radius 2 is 2.03 bits per heavy atom. The zero-order chi connectivity index (χ0) is 23.7. The number of allylic oxidation sites excluding steroid dienone is 6. The maximum Gasteiger partial charge on any atom is 0.147 e. The smallest absolute Gasteiger partial charge is 0.147 e. The van der Waals surface area contributed by atoms with Gasteiger partial charge in [0.05, 0.1) is 17.1 Å². The number of rotatable bonds is 10. The van der Waals surface area contributed by atoms with Crippen molar-refractivity contribution >= 4 is 28.1 Å². The van der Waals surface area contributed by atoms with E-state index in [1.165, 1.54) is 18.7 Å². The van der Waals surface area contributed by atoms with E-state index in [2.05, 4.69) is 20.6 Å². The molecule has 2 heterocycles. The molecule has 0 atom stereocenters. The van der Waals surface area contributed by atoms with Crippen LogP contribution in [0.3, 0.4) is 0 Å². The van der Waals surface area contributed by atoms with Crippen LogP contribution in [-0.4, -0.2) is 45.2 Å². The number of nitrogens with two attached hydrogens (primary N) is 2. The van der Waals surface area contributed by atoms with E-state index in [0.717, 1.165) is 22.5 Å². The van der Waals surface area contributed by atoms with Crippen LogP contribution >= 0.6 is 0 Å². The second-order valence-electron chi connectivity index (χ2n) is 7.68. The van der Waals surface area contributed by atoms with Gasteiger partial charge in [-0.25, -0.2) is 13.4 Å². The number of sulfone groups is 1. The molecule has 0 amide bonds. The molecule has 0 fully saturated rings. The van der Waals surface area contributed by atoms with Gasteiger partial charge in [-0.2, -0.15) is 0 Å². The predicted molar refractivity (Wildman–Crippen MR) is 132 cm³/mol. The molecule has 0 spiro atoms. The Balaban J connectivity index is 2.10. The van der Waals surface area contributed by atoms with Gasteiger partial charge in [-0.15, -0.1) is 0 Å². The highest BCUT2D eigenvalue weighted by atomic mass is 32.2. The molecule has 0 aliphatic carbocycles. The average Bonchev–Trinajstić information content (AvgIpc) is 2.73. The Morgan fingerprint density at radius 1 is 1.28 bits per heavy atom. The summed E-state index contributed by atoms with van der Waals surface area (Å²) >= 11 is 0. The number of aliphatic imine (C=N–C) groups is 2. The molecule has 0 aromatic heterocycles. The van der Waals surface area contributed by atoms with E-state index in [4.69, 9.17) is 16.9 Å². The first-order valence-corrected chi connectivity index (χ1v) is 12.2. The molecule has 7 N–H and O–H groups in total. The molecule has 0 saturated heterocycles. The summed E-state index contributed by atoms with van der Waals surface area (Å²) in [7, 11) is -2.99. The van der Waals surface area contributed by atoms with E-state index in [9.17, 15) is 8.42 Å². The molecule has 2 rings (SSSR count). The van der Waals surface area contributed by atoms with Crippen molar-refractivity contribution in [3.63, 3.8) is 0 Å². The van der Waals surface area contributed by atoms with Gasteiger partial charge >= 0.3 is 0 Å². The van der Waals surface area contributed by atoms with Gasteiger partial charge in [-0.3, -0.25) is 4.99 Å². The van der Waals surface area contributed by atoms with Gasteiger partial charge < -0.3 is 27.5 Å². The third-order valence-corrected chi connectivity index (χ3v) is 5.62. The van der Waals surface area contributed by atoms with Crippen molar-refractivity contribution in [2.24, 2.45) is 27.4 Å². The van der Waals surface area contributed by atoms with Crippen molar-refractivity contribution in [3.8, 4) is 0 Å². The molecule has 9 nitrogen and oxygen atoms in total. The Bertz CT molecular complexity index is 1090. The normalized spacial score (nSPS) is 17.7. The molecule has 0 aromatic rings. The average molecular weight is 458 g/mol. The molecular formula is C22H31N7O2S. The third kappa shape index (κ3) is 7.69. The quantitative estimate of drug-likeness (QED) is 0.190. The van der Waals surface area contributed by atoms with E-state index in [0.29, 0.717) is 30.2 Å². The molecule has 0 bridgehead atoms. The summed E-state index contributed by atoms with van der Waals surface area (Å²) in [6.07, 6.45) is 15.1. The first-order valence-electron chi connectivity index (χ1n) is 10.2. The second kappa shape index (κ2) is 11.3. The van der Waals surface area contributed by atoms with E-state index in [1.54, 1.807) is 12.3 Å². The number of fused-ring (bicyclic) bond motifs is 1. The van der Waals surface area contributed by atoms with Gasteiger partial charge in [0, 0.05) is 48.8 Å². The van der Waals surface area contributed by atoms with Crippen LogP contribution in [-0.2, 0) is 9.84 Å². The molecule has 2 aliphatic rings. The van der Waals surface area contributed by atoms with Crippen molar-refractivity contribution in [2.45, 2.75) is 20.3 Å². The first-order chi connectivity index (χ1) is 15.1. The fourth-order valence-corrected chi connectivity index (χ4v) is 3.49. The lowest BCUT2D eigenvalue weighted by atomic mass is 10.0. The number of dihydropyridines is 2. The minimum atomic E-state index is -2.99. The van der Waals surface area contributed by atoms with Crippen molar-refractivity contribution < 1.29 is 8.42 Å². The summed E-state index contributed by atoms with van der Waals surface area (Å²) in [5.41, 5.74) is 15.8. The lowest BCUT2D eigenvalue weighted by Gasteiger charge is -2.23. The second-order valence-corrected chi connectivity index (χ2v) is 9.94. The molecule has 0 radical (unpaired) electrons. The molecule has 2 aliphatic heterocycles. The first kappa shape index (κ1) is 24.9. The number of nitrogens with zero attached hydrogens (tertiary/aromatic N) is 2. The van der Waals surface area contributed by atoms with Crippen molar-refractivity contribution in [1.29, 1.82) is 5.41 Å². The highest BCUT2D eigenvalue weighted by molar-refractivity contribution is 7.90. The van der Waals surface area contributed by atoms with Crippen molar-refractivity contribution in [1.82, 2.24) is 10.6 Å². The van der Waals surface area contributed by atoms with Gasteiger partial charge in [0.15, 0.2) is 0 Å². The number of hydrogen-bond donors (Lipinski definition) is 5. The Kier molecular flexibility index (Phi) is 8.77. The lowest BCUT2D eigenvalue weighted by molar-refractivity contribution is 0.599. The lowest BCUT2D eigenvalue weighted by Crippen LogP contribution is -2.27. The summed E-state index contributed by atoms with van der Waals surface area (Å²) in [5.74, 6) is 1.15. The Morgan fingerprint density at radius 3 is 2.66 bits per heavy atom. The van der Waals surface area contributed by atoms with Gasteiger partial charge in [0.1, 0.15) is 21.5 Å². The summed E-state index contributed by atoms with van der Waals surface area (Å²) in [4.78, 5) is 8.68. The highest BCUT2D eigenvalue weighted by Crippen LogP contribution is 2.22. The molecular weight excluding hydrogens is 426 g/mol. The standard InChI is InChI=1S/C22H31N7O2S/c1-15(2)16(11-23)10-21(25)29-22-6-5-19-20(28-22)9-17(14-27-19)18(12-24)13-26-7-4-8-32(3,30)31/h5-6,9-15,23,27-28H,4,7-8,24H2,1-3H3,(H2,25,29). The summed E-state index contributed by atoms with van der Waals surface area (Å²) in [5, 5.41) is 13.9. The molecule has 0 saturated carbocycles. The zero-order valence-electron chi connectivity index (χ0n) is 18.6. The summed E-state index contributed by atoms with van der Waals surface area (Å²) < 4.78 is 22.4. The molecule has 172 valence electrons. The summed E-state index contributed by atoms with van der Waals surface area (Å²) in [6.45, 7) is 4.37. The molecule has 0 aromatic carbocycles. The topological polar surface area (TPSA) is 159 Å². The van der Waals surface area contributed by atoms with Crippen molar-refractivity contribution in [2.75, 3.05) is 18.6 Å². The maximum absolute atomic E-state index is 11.2. The van der Waals surface area contributed by atoms with Crippen LogP contribution in [0.15, 0.2) is 80.6 Å². The van der Waals surface area contributed by atoms with E-state index in [-0.39, 0.29) is 11.7 Å². The van der Waals surface area contributed by atoms with Crippen LogP contribution < -0.4 is 22.1 Å². The fourth-order valence-electron chi connectivity index (χ4n) is 2.84. The number of nitrogens with one attached hydrogen (secondary N) is 3. The fraction of sp³-hybridized carbons (Fsp3) is 0.318. The SMILES string of the molecule is CC(C)C(C=N)=CC(N)=NC1=CC=C2NC=C(C(C=NCCCS(C)(=O)=O)=CN)C=C2N1. The number of hydrogen-bond acceptors (Lipinski definition) is 8. The van der Waals surface area contributed by atoms with E-state index < -0.39 is 9.84 Å². The van der Waals surface area contributed by atoms with Crippen LogP contribution in [0.25, 0.3) is 0 Å². The Labute approximate surface area is 189 Å². The maximum atomic E-state index is 11.2. The van der Waals surface area contributed by atoms with Crippen LogP contribution in [0.2, 0.25) is 0 Å². The van der Waals surface area contributed by atoms with Gasteiger partial charge in [-0.05, 0) is 42.2 Å². The third-order valence-electron chi connectivity index (χ3n) is 4.59. The van der Waals surface area contributed by atoms with Crippen molar-refractivity contribution in [3.05, 3.63) is 70.6 Å². The summed E-state index contributed by atoms with van der Waals surface area (Å²) in [6, 6.07) is 0. The van der Waals surface area contributed by atoms with E-state index >= 15 is 0 Å². The largest absolute Gasteiger partial charge is 0.404 e. The van der Waals surface area contributed by atoms with Gasteiger partial charge in [-0.1, -0.05) is 13.8 Å². The van der Waals surface area contributed by atoms with Crippen LogP contribution in [0, 0.1) is 11.3 Å². The van der Waals surface area contributed by atoms with E-state index in [1.807, 2.05) is 38.3 Å². The highest BCUT2D eigenvalue weighted by Gasteiger charge is 2.16. The van der Waals surface area contributed by atoms with Gasteiger partial charge in [0.25, 0.3) is 0 Å². The molecule has 32 heavy (non-hydrogen) atoms. The predicted octanol–water partition coefficient (Wildman–Crippen LogP) is 1.62. The minimum absolute atomic E-state index is 0.102. The van der Waals surface area contributed by atoms with Crippen LogP contribution in [0.1, 0.15) is 20.3 Å². The molecule has 0 unspecified atom stereocenters. The zero-order valence-corrected chi connectivity index (χ0v) is 19.4. The minimum Gasteiger partial charge on any atom is -0.404 e. The Hall–Kier alpha value is -3.40. The molecule has 10 heteroatoms.